The van der Waals surface area contributed by atoms with Gasteiger partial charge in [0.05, 0.1) is 0 Å². The van der Waals surface area contributed by atoms with Gasteiger partial charge in [0.25, 0.3) is 0 Å². The zero-order valence-corrected chi connectivity index (χ0v) is 12.3. The molecule has 0 heterocycles. The molecule has 0 saturated heterocycles. The molecular weight excluding hydrogens is 212 g/mol. The van der Waals surface area contributed by atoms with Crippen LogP contribution in [0.1, 0.15) is 46.5 Å². The largest absolute Gasteiger partial charge is 0.359 e. The van der Waals surface area contributed by atoms with E-state index in [1.165, 1.54) is 0 Å². The lowest BCUT2D eigenvalue weighted by molar-refractivity contribution is -0.124. The summed E-state index contributed by atoms with van der Waals surface area (Å²) in [6.07, 6.45) is 4.31. The van der Waals surface area contributed by atoms with Crippen LogP contribution in [-0.2, 0) is 4.79 Å². The number of nitrogens with zero attached hydrogens (tertiary/aromatic N) is 1. The number of carbonyl (C=O) groups excluding carboxylic acids is 1. The second-order valence-electron chi connectivity index (χ2n) is 6.91. The Morgan fingerprint density at radius 2 is 2.00 bits per heavy atom. The summed E-state index contributed by atoms with van der Waals surface area (Å²) < 4.78 is 0. The van der Waals surface area contributed by atoms with Crippen molar-refractivity contribution in [2.45, 2.75) is 52.0 Å². The summed E-state index contributed by atoms with van der Waals surface area (Å²) in [5.74, 6) is 0.410. The number of rotatable bonds is 3. The van der Waals surface area contributed by atoms with Gasteiger partial charge in [-0.2, -0.15) is 0 Å². The molecule has 0 aliphatic heterocycles. The van der Waals surface area contributed by atoms with Crippen LogP contribution in [0.25, 0.3) is 0 Å². The lowest BCUT2D eigenvalue weighted by Crippen LogP contribution is -2.45. The molecule has 1 rings (SSSR count). The molecule has 3 nitrogen and oxygen atoms in total. The molecule has 2 unspecified atom stereocenters. The number of hydrogen-bond acceptors (Lipinski definition) is 2. The van der Waals surface area contributed by atoms with Crippen LogP contribution in [0, 0.1) is 11.3 Å². The van der Waals surface area contributed by atoms with Crippen molar-refractivity contribution in [1.82, 2.24) is 10.2 Å². The van der Waals surface area contributed by atoms with Gasteiger partial charge in [-0.15, -0.1) is 0 Å². The Labute approximate surface area is 106 Å². The molecule has 0 bridgehead atoms. The van der Waals surface area contributed by atoms with Crippen molar-refractivity contribution in [2.24, 2.45) is 11.3 Å². The highest BCUT2D eigenvalue weighted by Crippen LogP contribution is 2.44. The van der Waals surface area contributed by atoms with Crippen LogP contribution >= 0.6 is 0 Å². The summed E-state index contributed by atoms with van der Waals surface area (Å²) in [5, 5.41) is 2.79. The topological polar surface area (TPSA) is 32.3 Å². The molecule has 0 spiro atoms. The van der Waals surface area contributed by atoms with E-state index in [0.29, 0.717) is 5.41 Å². The van der Waals surface area contributed by atoms with E-state index < -0.39 is 0 Å². The van der Waals surface area contributed by atoms with Crippen molar-refractivity contribution in [2.75, 3.05) is 21.1 Å². The molecule has 0 aromatic carbocycles. The Balaban J connectivity index is 2.80. The minimum absolute atomic E-state index is 0.199. The monoisotopic (exact) mass is 240 g/mol. The van der Waals surface area contributed by atoms with Gasteiger partial charge in [-0.05, 0) is 45.2 Å². The Morgan fingerprint density at radius 3 is 2.41 bits per heavy atom. The molecule has 1 amide bonds. The third-order valence-corrected chi connectivity index (χ3v) is 4.01. The fourth-order valence-electron chi connectivity index (χ4n) is 3.25. The van der Waals surface area contributed by atoms with Crippen molar-refractivity contribution < 1.29 is 4.79 Å². The van der Waals surface area contributed by atoms with Gasteiger partial charge in [0.2, 0.25) is 5.91 Å². The Kier molecular flexibility index (Phi) is 4.23. The van der Waals surface area contributed by atoms with Crippen LogP contribution in [0.5, 0.6) is 0 Å². The molecule has 1 saturated carbocycles. The normalized spacial score (nSPS) is 29.7. The van der Waals surface area contributed by atoms with Gasteiger partial charge >= 0.3 is 0 Å². The van der Waals surface area contributed by atoms with Crippen molar-refractivity contribution >= 4 is 5.91 Å². The predicted octanol–water partition coefficient (Wildman–Crippen LogP) is 2.27. The SMILES string of the molecule is CNC(=O)C1CCC(CC(C)(C)C)(N(C)C)C1. The summed E-state index contributed by atoms with van der Waals surface area (Å²) in [5.41, 5.74) is 0.511. The van der Waals surface area contributed by atoms with Crippen molar-refractivity contribution in [1.29, 1.82) is 0 Å². The summed E-state index contributed by atoms with van der Waals surface area (Å²) in [7, 11) is 6.04. The standard InChI is InChI=1S/C14H28N2O/c1-13(2,3)10-14(16(5)6)8-7-11(9-14)12(17)15-4/h11H,7-10H2,1-6H3,(H,15,17). The van der Waals surface area contributed by atoms with Gasteiger partial charge in [0.15, 0.2) is 0 Å². The second kappa shape index (κ2) is 4.97. The Bertz CT molecular complexity index is 280. The Hall–Kier alpha value is -0.570. The highest BCUT2D eigenvalue weighted by Gasteiger charge is 2.45. The van der Waals surface area contributed by atoms with E-state index in [1.807, 2.05) is 0 Å². The fourth-order valence-corrected chi connectivity index (χ4v) is 3.25. The highest BCUT2D eigenvalue weighted by atomic mass is 16.1. The first kappa shape index (κ1) is 14.5. The first-order valence-electron chi connectivity index (χ1n) is 6.59. The van der Waals surface area contributed by atoms with Crippen LogP contribution in [0.3, 0.4) is 0 Å². The maximum atomic E-state index is 11.8. The quantitative estimate of drug-likeness (QED) is 0.821. The van der Waals surface area contributed by atoms with Crippen LogP contribution in [0.4, 0.5) is 0 Å². The maximum Gasteiger partial charge on any atom is 0.222 e. The fraction of sp³-hybridized carbons (Fsp3) is 0.929. The maximum absolute atomic E-state index is 11.8. The molecule has 0 aromatic rings. The number of hydrogen-bond donors (Lipinski definition) is 1. The van der Waals surface area contributed by atoms with Gasteiger partial charge in [-0.25, -0.2) is 0 Å². The van der Waals surface area contributed by atoms with Gasteiger partial charge < -0.3 is 10.2 Å². The first-order chi connectivity index (χ1) is 7.70. The van der Waals surface area contributed by atoms with Gasteiger partial charge in [-0.1, -0.05) is 20.8 Å². The molecule has 1 aliphatic carbocycles. The van der Waals surface area contributed by atoms with E-state index in [1.54, 1.807) is 7.05 Å². The Morgan fingerprint density at radius 1 is 1.41 bits per heavy atom. The van der Waals surface area contributed by atoms with Crippen LogP contribution in [0.15, 0.2) is 0 Å². The van der Waals surface area contributed by atoms with Crippen LogP contribution in [-0.4, -0.2) is 37.5 Å². The van der Waals surface area contributed by atoms with E-state index in [9.17, 15) is 4.79 Å². The summed E-state index contributed by atoms with van der Waals surface area (Å²) in [6.45, 7) is 6.85. The second-order valence-corrected chi connectivity index (χ2v) is 6.91. The molecule has 0 radical (unpaired) electrons. The van der Waals surface area contributed by atoms with E-state index in [4.69, 9.17) is 0 Å². The molecule has 0 aromatic heterocycles. The molecule has 2 atom stereocenters. The van der Waals surface area contributed by atoms with Crippen molar-refractivity contribution in [3.05, 3.63) is 0 Å². The third-order valence-electron chi connectivity index (χ3n) is 4.01. The molecule has 17 heavy (non-hydrogen) atoms. The molecule has 1 N–H and O–H groups in total. The predicted molar refractivity (Wildman–Crippen MR) is 71.9 cm³/mol. The van der Waals surface area contributed by atoms with Gasteiger partial charge in [-0.3, -0.25) is 4.79 Å². The van der Waals surface area contributed by atoms with Crippen LogP contribution in [0.2, 0.25) is 0 Å². The van der Waals surface area contributed by atoms with Crippen LogP contribution < -0.4 is 5.32 Å². The zero-order valence-electron chi connectivity index (χ0n) is 12.3. The lowest BCUT2D eigenvalue weighted by Gasteiger charge is -2.41. The molecule has 1 aliphatic rings. The van der Waals surface area contributed by atoms with Gasteiger partial charge in [0.1, 0.15) is 0 Å². The van der Waals surface area contributed by atoms with Crippen molar-refractivity contribution in [3.8, 4) is 0 Å². The summed E-state index contributed by atoms with van der Waals surface area (Å²) in [6, 6.07) is 0. The van der Waals surface area contributed by atoms with Gasteiger partial charge in [0, 0.05) is 18.5 Å². The minimum Gasteiger partial charge on any atom is -0.359 e. The van der Waals surface area contributed by atoms with E-state index in [-0.39, 0.29) is 17.4 Å². The number of carbonyl (C=O) groups is 1. The third kappa shape index (κ3) is 3.44. The number of nitrogens with one attached hydrogen (secondary N) is 1. The average Bonchev–Trinajstić information content (AvgIpc) is 2.59. The van der Waals surface area contributed by atoms with E-state index in [2.05, 4.69) is 45.1 Å². The summed E-state index contributed by atoms with van der Waals surface area (Å²) >= 11 is 0. The minimum atomic E-state index is 0.199. The molecular formula is C14H28N2O. The molecule has 1 fully saturated rings. The smallest absolute Gasteiger partial charge is 0.222 e. The zero-order chi connectivity index (χ0) is 13.3. The lowest BCUT2D eigenvalue weighted by atomic mass is 9.77. The average molecular weight is 240 g/mol. The van der Waals surface area contributed by atoms with E-state index in [0.717, 1.165) is 25.7 Å². The molecule has 100 valence electrons. The highest BCUT2D eigenvalue weighted by molar-refractivity contribution is 5.78. The van der Waals surface area contributed by atoms with Crippen molar-refractivity contribution in [3.63, 3.8) is 0 Å². The molecule has 3 heteroatoms. The van der Waals surface area contributed by atoms with E-state index >= 15 is 0 Å². The first-order valence-corrected chi connectivity index (χ1v) is 6.59. The summed E-state index contributed by atoms with van der Waals surface area (Å²) in [4.78, 5) is 14.1. The number of amides is 1.